The van der Waals surface area contributed by atoms with E-state index >= 15 is 0 Å². The van der Waals surface area contributed by atoms with Gasteiger partial charge in [0.25, 0.3) is 0 Å². The number of H-pyrrole nitrogens is 1. The molecule has 2 fully saturated rings. The van der Waals surface area contributed by atoms with Crippen molar-refractivity contribution in [1.82, 2.24) is 31.0 Å². The molecular weight excluding hydrogens is 1060 g/mol. The molecule has 0 bridgehead atoms. The van der Waals surface area contributed by atoms with Gasteiger partial charge in [0.05, 0.1) is 41.9 Å². The van der Waals surface area contributed by atoms with Crippen LogP contribution in [0, 0.1) is 13.8 Å². The molecule has 2 aliphatic heterocycles. The fourth-order valence-corrected chi connectivity index (χ4v) is 10.5. The van der Waals surface area contributed by atoms with Crippen molar-refractivity contribution < 1.29 is 83.8 Å². The van der Waals surface area contributed by atoms with Crippen LogP contribution in [0.1, 0.15) is 43.2 Å². The van der Waals surface area contributed by atoms with Crippen molar-refractivity contribution in [1.29, 1.82) is 0 Å². The first-order valence-corrected chi connectivity index (χ1v) is 26.2. The van der Waals surface area contributed by atoms with Gasteiger partial charge < -0.3 is 95.6 Å². The van der Waals surface area contributed by atoms with Crippen LogP contribution in [0.25, 0.3) is 44.3 Å². The predicted molar refractivity (Wildman–Crippen MR) is 290 cm³/mol. The van der Waals surface area contributed by atoms with E-state index in [2.05, 4.69) is 31.2 Å². The second-order valence-electron chi connectivity index (χ2n) is 20.2. The molecule has 26 heteroatoms. The Balaban J connectivity index is 1.31. The highest BCUT2D eigenvalue weighted by molar-refractivity contribution is 5.98. The number of phenols is 1. The molecule has 0 amide bonds. The van der Waals surface area contributed by atoms with Gasteiger partial charge in [-0.15, -0.1) is 0 Å². The third kappa shape index (κ3) is 12.6. The number of carboxylic acids is 1. The minimum Gasteiger partial charge on any atom is -0.508 e. The summed E-state index contributed by atoms with van der Waals surface area (Å²) in [6, 6.07) is 14.7. The van der Waals surface area contributed by atoms with Crippen molar-refractivity contribution >= 4 is 46.1 Å². The highest BCUT2D eigenvalue weighted by Crippen LogP contribution is 2.47. The molecule has 26 nitrogen and oxygen atoms in total. The summed E-state index contributed by atoms with van der Waals surface area (Å²) in [7, 11) is 0. The van der Waals surface area contributed by atoms with E-state index in [0.717, 1.165) is 11.1 Å². The van der Waals surface area contributed by atoms with Gasteiger partial charge in [0, 0.05) is 61.8 Å². The van der Waals surface area contributed by atoms with E-state index in [1.165, 1.54) is 59.7 Å². The van der Waals surface area contributed by atoms with E-state index in [-0.39, 0.29) is 66.5 Å². The molecule has 0 aliphatic carbocycles. The number of nitrogens with two attached hydrogens (primary N) is 1. The number of guanidine groups is 1. The van der Waals surface area contributed by atoms with Crippen LogP contribution in [0.3, 0.4) is 0 Å². The van der Waals surface area contributed by atoms with Gasteiger partial charge in [0.2, 0.25) is 24.2 Å². The van der Waals surface area contributed by atoms with Gasteiger partial charge in [-0.3, -0.25) is 20.4 Å². The van der Waals surface area contributed by atoms with Gasteiger partial charge in [-0.1, -0.05) is 29.3 Å². The number of aromatic hydroxyl groups is 1. The number of carboxylic acid groups (broad SMARTS) is 1. The smallest absolute Gasteiger partial charge is 0.337 e. The fourth-order valence-electron chi connectivity index (χ4n) is 10.5. The van der Waals surface area contributed by atoms with E-state index in [1.807, 2.05) is 32.0 Å². The van der Waals surface area contributed by atoms with Crippen LogP contribution in [0.2, 0.25) is 0 Å². The zero-order chi connectivity index (χ0) is 58.2. The molecule has 5 heterocycles. The molecule has 2 saturated heterocycles. The number of carbonyl (C=O) groups is 3. The Bertz CT molecular complexity index is 3240. The van der Waals surface area contributed by atoms with Crippen molar-refractivity contribution in [3.05, 3.63) is 107 Å². The van der Waals surface area contributed by atoms with Crippen molar-refractivity contribution in [2.24, 2.45) is 10.7 Å². The van der Waals surface area contributed by atoms with E-state index in [9.17, 15) is 65.1 Å². The first-order valence-electron chi connectivity index (χ1n) is 26.2. The number of nitrogens with zero attached hydrogens (tertiary/aromatic N) is 2. The number of aryl methyl sites for hydroxylation is 2. The van der Waals surface area contributed by atoms with Crippen LogP contribution in [-0.2, 0) is 23.9 Å². The first kappa shape index (κ1) is 59.6. The number of aromatic nitrogens is 2. The molecule has 0 spiro atoms. The summed E-state index contributed by atoms with van der Waals surface area (Å²) in [6.07, 6.45) is -5.36. The summed E-state index contributed by atoms with van der Waals surface area (Å²) >= 11 is 0. The van der Waals surface area contributed by atoms with Crippen molar-refractivity contribution in [2.45, 2.75) is 106 Å². The number of aliphatic imine (C=N–C) groups is 1. The van der Waals surface area contributed by atoms with E-state index in [4.69, 9.17) is 29.2 Å². The maximum atomic E-state index is 14.3. The van der Waals surface area contributed by atoms with Gasteiger partial charge in [-0.2, -0.15) is 4.73 Å². The Labute approximate surface area is 462 Å². The minimum atomic E-state index is -3.46. The molecule has 6 aromatic rings. The van der Waals surface area contributed by atoms with Crippen LogP contribution >= 0.6 is 0 Å². The second kappa shape index (κ2) is 25.5. The fraction of sp³-hybridized carbons (Fsp3) is 0.436. The summed E-state index contributed by atoms with van der Waals surface area (Å²) in [5.41, 5.74) is -0.331. The topological polar surface area (TPSA) is 408 Å². The summed E-state index contributed by atoms with van der Waals surface area (Å²) < 4.78 is 26.2. The average Bonchev–Trinajstić information content (AvgIpc) is 3.84. The van der Waals surface area contributed by atoms with Crippen molar-refractivity contribution in [3.8, 4) is 33.9 Å². The summed E-state index contributed by atoms with van der Waals surface area (Å²) in [4.78, 5) is 66.5. The molecule has 0 radical (unpaired) electrons. The van der Waals surface area contributed by atoms with Crippen LogP contribution in [0.4, 0.5) is 0 Å². The SMILES string of the molecule is Cc1cc(C)cc(-c2c3[nH]ccc3cn2OC2C(Oc3ccc4c(=O)c(-c5ccc(O)cc5)coc4c3)OC(C(CO)(NC(N)=NCCNC3CCNC(O)C3)OC(=O)C(NCCC=O)C(=O)O)C(O)(CO)C2(O)C(O)CCCO)c1. The molecule has 3 aromatic carbocycles. The Morgan fingerprint density at radius 3 is 2.47 bits per heavy atom. The molecule has 10 unspecified atom stereocenters. The quantitative estimate of drug-likeness (QED) is 0.00644. The number of aliphatic carboxylic acids is 1. The molecule has 3 aromatic heterocycles. The van der Waals surface area contributed by atoms with Crippen LogP contribution in [0.5, 0.6) is 11.5 Å². The van der Waals surface area contributed by atoms with Gasteiger partial charge in [-0.25, -0.2) is 9.59 Å². The highest BCUT2D eigenvalue weighted by Gasteiger charge is 2.75. The van der Waals surface area contributed by atoms with E-state index < -0.39 is 103 Å². The van der Waals surface area contributed by atoms with Crippen molar-refractivity contribution in [2.75, 3.05) is 46.0 Å². The Morgan fingerprint density at radius 2 is 1.79 bits per heavy atom. The molecule has 2 aliphatic rings. The Morgan fingerprint density at radius 1 is 1.04 bits per heavy atom. The largest absolute Gasteiger partial charge is 0.508 e. The molecule has 436 valence electrons. The summed E-state index contributed by atoms with van der Waals surface area (Å²) in [5, 5.41) is 115. The highest BCUT2D eigenvalue weighted by atomic mass is 16.8. The number of benzene rings is 3. The number of aliphatic hydroxyl groups is 7. The average molecular weight is 1130 g/mol. The standard InChI is InChI=1S/C55H68N8O18/c1-30-21-31(2)23-34(22-30)45-43-33(12-15-60-43)26-63(45)81-47-50(78-37-10-11-38-40(25-37)77-27-39(46(38)71)32-6-8-36(68)9-7-32)79-51(53(75,28-66)55(47,76)41(69)5-3-19-64)54(29-67,80-49(74)44(48(72)73)59-14-4-20-65)62-52(56)61-18-17-57-35-13-16-58-42(70)24-35/h6-12,15,20-23,25-27,35,41-42,44,47,50-51,57-60,64,66-70,75-76H,3-5,13-14,16-19,24,28-29H2,1-2H3,(H,72,73)(H3,56,61,62). The van der Waals surface area contributed by atoms with Crippen LogP contribution < -0.4 is 42.0 Å². The van der Waals surface area contributed by atoms with Gasteiger partial charge in [0.1, 0.15) is 48.2 Å². The Kier molecular flexibility index (Phi) is 18.8. The van der Waals surface area contributed by atoms with E-state index in [0.29, 0.717) is 53.4 Å². The maximum Gasteiger partial charge on any atom is 0.337 e. The normalized spacial score (nSPS) is 23.8. The van der Waals surface area contributed by atoms with Gasteiger partial charge in [0.15, 0.2) is 28.7 Å². The van der Waals surface area contributed by atoms with Crippen LogP contribution in [-0.4, -0.2) is 186 Å². The lowest BCUT2D eigenvalue weighted by Crippen LogP contribution is -2.86. The number of esters is 1. The lowest BCUT2D eigenvalue weighted by atomic mass is 9.66. The predicted octanol–water partition coefficient (Wildman–Crippen LogP) is -0.651. The molecule has 10 atom stereocenters. The number of aldehydes is 1. The zero-order valence-corrected chi connectivity index (χ0v) is 44.4. The number of phenolic OH excluding ortho intramolecular Hbond substituents is 1. The maximum absolute atomic E-state index is 14.3. The van der Waals surface area contributed by atoms with Crippen molar-refractivity contribution in [3.63, 3.8) is 0 Å². The number of carbonyl (C=O) groups excluding carboxylic acids is 2. The lowest BCUT2D eigenvalue weighted by Gasteiger charge is -2.59. The number of fused-ring (bicyclic) bond motifs is 2. The van der Waals surface area contributed by atoms with Crippen LogP contribution in [0.15, 0.2) is 99.6 Å². The summed E-state index contributed by atoms with van der Waals surface area (Å²) in [6.45, 7) is 0.188. The summed E-state index contributed by atoms with van der Waals surface area (Å²) in [5.74, 6) is -4.41. The number of hydrogen-bond acceptors (Lipinski definition) is 21. The molecular formula is C55H68N8O18. The minimum absolute atomic E-state index is 0.0331. The molecule has 16 N–H and O–H groups in total. The number of nitrogens with one attached hydrogen (secondary N) is 5. The number of ether oxygens (including phenoxy) is 3. The second-order valence-corrected chi connectivity index (χ2v) is 20.2. The van der Waals surface area contributed by atoms with Gasteiger partial charge in [-0.05, 0) is 87.7 Å². The molecule has 0 saturated carbocycles. The monoisotopic (exact) mass is 1130 g/mol. The van der Waals surface area contributed by atoms with E-state index in [1.54, 1.807) is 12.3 Å². The molecule has 81 heavy (non-hydrogen) atoms. The third-order valence-corrected chi connectivity index (χ3v) is 14.4. The number of aliphatic hydroxyl groups excluding tert-OH is 5. The number of hydrogen-bond donors (Lipinski definition) is 15. The zero-order valence-electron chi connectivity index (χ0n) is 44.4. The first-order chi connectivity index (χ1) is 38.8. The number of rotatable bonds is 25. The lowest BCUT2D eigenvalue weighted by molar-refractivity contribution is -0.400. The number of aromatic amines is 1. The molecule has 8 rings (SSSR count). The Hall–Kier alpha value is -7.47. The number of piperidine rings is 1. The third-order valence-electron chi connectivity index (χ3n) is 14.4. The van der Waals surface area contributed by atoms with Gasteiger partial charge >= 0.3 is 11.9 Å².